The minimum Gasteiger partial charge on any atom is -0.382 e. The average Bonchev–Trinajstić information content (AvgIpc) is 3.07. The second-order valence-corrected chi connectivity index (χ2v) is 10.8. The summed E-state index contributed by atoms with van der Waals surface area (Å²) in [7, 11) is 18.8. The third-order valence-corrected chi connectivity index (χ3v) is 8.46. The van der Waals surface area contributed by atoms with Gasteiger partial charge in [0.05, 0.1) is 26.4 Å². The third kappa shape index (κ3) is 10.2. The maximum atomic E-state index is 6.61. The molecule has 274 valence electrons. The third-order valence-electron chi connectivity index (χ3n) is 8.46. The number of hydrogen-bond acceptors (Lipinski definition) is 16. The summed E-state index contributed by atoms with van der Waals surface area (Å²) >= 11 is 0. The molecule has 0 amide bonds. The molecule has 2 aliphatic rings. The Morgan fingerprint density at radius 3 is 1.30 bits per heavy atom. The van der Waals surface area contributed by atoms with E-state index in [0.29, 0.717) is 0 Å². The summed E-state index contributed by atoms with van der Waals surface area (Å²) in [5.74, 6) is 0. The summed E-state index contributed by atoms with van der Waals surface area (Å²) in [6, 6.07) is 0. The van der Waals surface area contributed by atoms with Crippen molar-refractivity contribution in [1.29, 1.82) is 0 Å². The number of hydrogen-bond donors (Lipinski definition) is 0. The molecule has 2 rings (SSSR count). The molecule has 0 aliphatic carbocycles. The second kappa shape index (κ2) is 22.2. The average molecular weight is 675 g/mol. The molecule has 0 spiro atoms. The molecule has 0 aromatic rings. The van der Waals surface area contributed by atoms with Crippen LogP contribution in [0.3, 0.4) is 0 Å². The van der Waals surface area contributed by atoms with E-state index in [9.17, 15) is 0 Å². The molecular formula is C30H58O16. The fourth-order valence-electron chi connectivity index (χ4n) is 6.18. The van der Waals surface area contributed by atoms with Gasteiger partial charge in [-0.25, -0.2) is 0 Å². The lowest BCUT2D eigenvalue weighted by Crippen LogP contribution is -2.66. The van der Waals surface area contributed by atoms with Crippen molar-refractivity contribution in [1.82, 2.24) is 0 Å². The minimum atomic E-state index is -0.908. The first kappa shape index (κ1) is 41.5. The van der Waals surface area contributed by atoms with Gasteiger partial charge in [-0.15, -0.1) is 0 Å². The molecule has 2 saturated heterocycles. The van der Waals surface area contributed by atoms with Gasteiger partial charge in [0, 0.05) is 85.3 Å². The van der Waals surface area contributed by atoms with Crippen LogP contribution < -0.4 is 0 Å². The van der Waals surface area contributed by atoms with Crippen molar-refractivity contribution in [2.24, 2.45) is 0 Å². The zero-order chi connectivity index (χ0) is 34.2. The smallest absolute Gasteiger partial charge is 0.187 e. The van der Waals surface area contributed by atoms with Crippen LogP contribution in [0, 0.1) is 0 Å². The zero-order valence-corrected chi connectivity index (χ0v) is 29.4. The van der Waals surface area contributed by atoms with Crippen LogP contribution in [0.25, 0.3) is 0 Å². The number of rotatable bonds is 23. The fraction of sp³-hybridized carbons (Fsp3) is 1.00. The van der Waals surface area contributed by atoms with Crippen molar-refractivity contribution in [3.05, 3.63) is 0 Å². The SMILES string of the molecule is COCC(OC)C(OC)C(OC)C(COC1OC(COC)C(OC2OC(COC)C(OC)C(OC)C2OC)C(OC)C1OC)OC. The van der Waals surface area contributed by atoms with Crippen molar-refractivity contribution >= 4 is 0 Å². The molecule has 16 nitrogen and oxygen atoms in total. The Morgan fingerprint density at radius 2 is 0.870 bits per heavy atom. The lowest BCUT2D eigenvalue weighted by atomic mass is 9.96. The van der Waals surface area contributed by atoms with E-state index in [1.807, 2.05) is 0 Å². The van der Waals surface area contributed by atoms with E-state index in [2.05, 4.69) is 0 Å². The van der Waals surface area contributed by atoms with Crippen LogP contribution in [0.4, 0.5) is 0 Å². The summed E-state index contributed by atoms with van der Waals surface area (Å²) in [5, 5.41) is 0. The van der Waals surface area contributed by atoms with Crippen LogP contribution in [-0.4, -0.2) is 198 Å². The van der Waals surface area contributed by atoms with Gasteiger partial charge in [-0.1, -0.05) is 0 Å². The van der Waals surface area contributed by atoms with E-state index >= 15 is 0 Å². The highest BCUT2D eigenvalue weighted by atomic mass is 16.8. The van der Waals surface area contributed by atoms with Gasteiger partial charge >= 0.3 is 0 Å². The Labute approximate surface area is 273 Å². The van der Waals surface area contributed by atoms with Crippen molar-refractivity contribution < 1.29 is 75.8 Å². The summed E-state index contributed by atoms with van der Waals surface area (Å²) in [4.78, 5) is 0. The van der Waals surface area contributed by atoms with E-state index in [0.717, 1.165) is 0 Å². The van der Waals surface area contributed by atoms with Gasteiger partial charge in [0.2, 0.25) is 0 Å². The Balaban J connectivity index is 2.32. The van der Waals surface area contributed by atoms with Crippen LogP contribution in [-0.2, 0) is 75.8 Å². The van der Waals surface area contributed by atoms with Crippen molar-refractivity contribution in [3.63, 3.8) is 0 Å². The van der Waals surface area contributed by atoms with Gasteiger partial charge in [0.1, 0.15) is 73.2 Å². The molecule has 2 heterocycles. The van der Waals surface area contributed by atoms with Crippen molar-refractivity contribution in [2.75, 3.05) is 112 Å². The number of methoxy groups -OCH3 is 12. The van der Waals surface area contributed by atoms with Crippen LogP contribution >= 0.6 is 0 Å². The normalized spacial score (nSPS) is 34.7. The topological polar surface area (TPSA) is 148 Å². The maximum Gasteiger partial charge on any atom is 0.187 e. The molecule has 0 saturated carbocycles. The lowest BCUT2D eigenvalue weighted by molar-refractivity contribution is -0.368. The van der Waals surface area contributed by atoms with Gasteiger partial charge in [-0.2, -0.15) is 0 Å². The minimum absolute atomic E-state index is 0.0502. The van der Waals surface area contributed by atoms with Crippen LogP contribution in [0.15, 0.2) is 0 Å². The molecule has 0 aromatic heterocycles. The summed E-state index contributed by atoms with van der Waals surface area (Å²) < 4.78 is 94.0. The first-order chi connectivity index (χ1) is 22.3. The van der Waals surface area contributed by atoms with E-state index in [1.165, 1.54) is 0 Å². The lowest BCUT2D eigenvalue weighted by Gasteiger charge is -2.49. The largest absolute Gasteiger partial charge is 0.382 e. The Kier molecular flexibility index (Phi) is 20.0. The highest BCUT2D eigenvalue weighted by Crippen LogP contribution is 2.34. The molecule has 0 radical (unpaired) electrons. The molecule has 2 aliphatic heterocycles. The highest BCUT2D eigenvalue weighted by molar-refractivity contribution is 4.97. The van der Waals surface area contributed by atoms with Crippen LogP contribution in [0.2, 0.25) is 0 Å². The van der Waals surface area contributed by atoms with Crippen LogP contribution in [0.5, 0.6) is 0 Å². The quantitative estimate of drug-likeness (QED) is 0.142. The molecule has 0 bridgehead atoms. The van der Waals surface area contributed by atoms with Gasteiger partial charge in [-0.3, -0.25) is 0 Å². The molecule has 2 fully saturated rings. The monoisotopic (exact) mass is 674 g/mol. The molecule has 14 unspecified atom stereocenters. The zero-order valence-electron chi connectivity index (χ0n) is 29.4. The predicted octanol–water partition coefficient (Wildman–Crippen LogP) is -0.0878. The first-order valence-electron chi connectivity index (χ1n) is 15.1. The van der Waals surface area contributed by atoms with Gasteiger partial charge in [-0.05, 0) is 0 Å². The van der Waals surface area contributed by atoms with E-state index in [4.69, 9.17) is 75.8 Å². The number of ether oxygens (including phenoxy) is 16. The molecular weight excluding hydrogens is 616 g/mol. The second-order valence-electron chi connectivity index (χ2n) is 10.8. The predicted molar refractivity (Wildman–Crippen MR) is 161 cm³/mol. The van der Waals surface area contributed by atoms with Crippen molar-refractivity contribution in [2.45, 2.75) is 85.8 Å². The van der Waals surface area contributed by atoms with E-state index in [1.54, 1.807) is 85.3 Å². The summed E-state index contributed by atoms with van der Waals surface area (Å²) in [6.07, 6.45) is -8.90. The molecule has 0 aromatic carbocycles. The van der Waals surface area contributed by atoms with Gasteiger partial charge in [0.15, 0.2) is 12.6 Å². The summed E-state index contributed by atoms with van der Waals surface area (Å²) in [6.45, 7) is 0.727. The van der Waals surface area contributed by atoms with Gasteiger partial charge in [0.25, 0.3) is 0 Å². The van der Waals surface area contributed by atoms with Gasteiger partial charge < -0.3 is 75.8 Å². The molecule has 46 heavy (non-hydrogen) atoms. The summed E-state index contributed by atoms with van der Waals surface area (Å²) in [5.41, 5.74) is 0. The van der Waals surface area contributed by atoms with Crippen LogP contribution in [0.1, 0.15) is 0 Å². The Morgan fingerprint density at radius 1 is 0.435 bits per heavy atom. The maximum absolute atomic E-state index is 6.61. The fourth-order valence-corrected chi connectivity index (χ4v) is 6.18. The Bertz CT molecular complexity index is 781. The van der Waals surface area contributed by atoms with E-state index in [-0.39, 0.29) is 26.4 Å². The highest BCUT2D eigenvalue weighted by Gasteiger charge is 2.53. The standard InChI is InChI=1S/C30H58O16/c1-31-13-17(34-4)21(36-6)22(37-7)18(35-5)16-43-29-27(41-11)26(40-10)24(20(44-29)15-33-3)46-30-28(42-12)25(39-9)23(38-8)19(45-30)14-32-2/h17-30H,13-16H2,1-12H3. The molecule has 0 N–H and O–H groups in total. The molecule has 16 heteroatoms. The van der Waals surface area contributed by atoms with E-state index < -0.39 is 85.8 Å². The van der Waals surface area contributed by atoms with Crippen molar-refractivity contribution in [3.8, 4) is 0 Å². The first-order valence-corrected chi connectivity index (χ1v) is 15.1. The molecule has 14 atom stereocenters. The Hall–Kier alpha value is -0.640.